The molecule has 0 amide bonds. The highest BCUT2D eigenvalue weighted by atomic mass is 16.5. The number of hydrogen-bond acceptors (Lipinski definition) is 4. The zero-order valence-electron chi connectivity index (χ0n) is 10.3. The van der Waals surface area contributed by atoms with E-state index in [1.165, 1.54) is 0 Å². The number of hydrogen-bond donors (Lipinski definition) is 2. The predicted molar refractivity (Wildman–Crippen MR) is 63.7 cm³/mol. The fourth-order valence-electron chi connectivity index (χ4n) is 1.70. The van der Waals surface area contributed by atoms with E-state index in [4.69, 9.17) is 10.6 Å². The molecule has 0 fully saturated rings. The van der Waals surface area contributed by atoms with E-state index in [-0.39, 0.29) is 12.1 Å². The molecule has 1 heterocycles. The maximum atomic E-state index is 5.57. The highest BCUT2D eigenvalue weighted by molar-refractivity contribution is 4.99. The maximum Gasteiger partial charge on any atom is 0.127 e. The monoisotopic (exact) mass is 226 g/mol. The number of hydrazine groups is 1. The third kappa shape index (κ3) is 3.30. The van der Waals surface area contributed by atoms with Crippen LogP contribution in [0, 0.1) is 0 Å². The van der Waals surface area contributed by atoms with Crippen LogP contribution in [0.2, 0.25) is 0 Å². The molecule has 0 bridgehead atoms. The summed E-state index contributed by atoms with van der Waals surface area (Å²) in [6.45, 7) is 5.06. The minimum atomic E-state index is 0.0903. The molecule has 0 aliphatic rings. The first-order valence-electron chi connectivity index (χ1n) is 5.72. The van der Waals surface area contributed by atoms with Gasteiger partial charge in [0.15, 0.2) is 0 Å². The number of nitrogens with two attached hydrogens (primary N) is 1. The van der Waals surface area contributed by atoms with E-state index in [0.717, 1.165) is 25.2 Å². The summed E-state index contributed by atoms with van der Waals surface area (Å²) in [5.41, 5.74) is 2.82. The van der Waals surface area contributed by atoms with Gasteiger partial charge in [-0.1, -0.05) is 0 Å². The molecule has 0 aliphatic carbocycles. The third-order valence-electron chi connectivity index (χ3n) is 2.87. The van der Waals surface area contributed by atoms with Gasteiger partial charge in [-0.05, 0) is 26.7 Å². The van der Waals surface area contributed by atoms with Crippen molar-refractivity contribution in [3.8, 4) is 0 Å². The molecule has 5 heteroatoms. The molecule has 1 aromatic heterocycles. The second-order valence-electron chi connectivity index (χ2n) is 3.91. The number of aryl methyl sites for hydroxylation is 1. The number of rotatable bonds is 7. The Labute approximate surface area is 97.0 Å². The molecular weight excluding hydrogens is 204 g/mol. The van der Waals surface area contributed by atoms with Gasteiger partial charge in [0.05, 0.1) is 12.1 Å². The van der Waals surface area contributed by atoms with E-state index in [1.807, 2.05) is 12.4 Å². The van der Waals surface area contributed by atoms with Crippen LogP contribution in [0.5, 0.6) is 0 Å². The van der Waals surface area contributed by atoms with E-state index in [9.17, 15) is 0 Å². The van der Waals surface area contributed by atoms with Gasteiger partial charge in [-0.2, -0.15) is 0 Å². The van der Waals surface area contributed by atoms with Gasteiger partial charge in [0, 0.05) is 26.0 Å². The summed E-state index contributed by atoms with van der Waals surface area (Å²) in [5.74, 6) is 6.56. The van der Waals surface area contributed by atoms with Crippen LogP contribution in [-0.4, -0.2) is 22.8 Å². The number of imidazole rings is 1. The van der Waals surface area contributed by atoms with E-state index in [2.05, 4.69) is 28.8 Å². The van der Waals surface area contributed by atoms with Crippen LogP contribution in [0.3, 0.4) is 0 Å². The van der Waals surface area contributed by atoms with Crippen molar-refractivity contribution in [3.05, 3.63) is 18.2 Å². The van der Waals surface area contributed by atoms with Crippen LogP contribution in [0.4, 0.5) is 0 Å². The van der Waals surface area contributed by atoms with Gasteiger partial charge in [0.2, 0.25) is 0 Å². The summed E-state index contributed by atoms with van der Waals surface area (Å²) >= 11 is 0. The lowest BCUT2D eigenvalue weighted by Gasteiger charge is -2.18. The van der Waals surface area contributed by atoms with E-state index in [0.29, 0.717) is 0 Å². The quantitative estimate of drug-likeness (QED) is 0.542. The average molecular weight is 226 g/mol. The molecule has 0 radical (unpaired) electrons. The second kappa shape index (κ2) is 6.62. The minimum absolute atomic E-state index is 0.0903. The average Bonchev–Trinajstić information content (AvgIpc) is 2.77. The lowest BCUT2D eigenvalue weighted by molar-refractivity contribution is 0.105. The molecule has 0 saturated carbocycles. The number of nitrogens with zero attached hydrogens (tertiary/aromatic N) is 2. The first-order chi connectivity index (χ1) is 7.72. The highest BCUT2D eigenvalue weighted by Crippen LogP contribution is 2.17. The first-order valence-corrected chi connectivity index (χ1v) is 5.72. The highest BCUT2D eigenvalue weighted by Gasteiger charge is 2.15. The molecule has 0 spiro atoms. The number of nitrogens with one attached hydrogen (secondary N) is 1. The van der Waals surface area contributed by atoms with Gasteiger partial charge in [0.1, 0.15) is 5.82 Å². The molecule has 1 aromatic rings. The van der Waals surface area contributed by atoms with Gasteiger partial charge in [0.25, 0.3) is 0 Å². The molecule has 1 rings (SSSR count). The summed E-state index contributed by atoms with van der Waals surface area (Å²) in [4.78, 5) is 4.34. The van der Waals surface area contributed by atoms with E-state index in [1.54, 1.807) is 7.11 Å². The normalized spacial score (nSPS) is 15.0. The van der Waals surface area contributed by atoms with Crippen molar-refractivity contribution < 1.29 is 4.74 Å². The van der Waals surface area contributed by atoms with Crippen LogP contribution in [-0.2, 0) is 11.3 Å². The molecule has 5 nitrogen and oxygen atoms in total. The van der Waals surface area contributed by atoms with Gasteiger partial charge in [-0.25, -0.2) is 10.4 Å². The molecule has 2 atom stereocenters. The predicted octanol–water partition coefficient (Wildman–Crippen LogP) is 1.22. The Hall–Kier alpha value is -0.910. The number of methoxy groups -OCH3 is 1. The molecule has 3 N–H and O–H groups in total. The van der Waals surface area contributed by atoms with Crippen molar-refractivity contribution in [1.82, 2.24) is 15.0 Å². The van der Waals surface area contributed by atoms with Gasteiger partial charge < -0.3 is 9.30 Å². The van der Waals surface area contributed by atoms with Crippen LogP contribution in [0.15, 0.2) is 12.4 Å². The summed E-state index contributed by atoms with van der Waals surface area (Å²) in [5, 5.41) is 0. The molecule has 92 valence electrons. The molecule has 0 aromatic carbocycles. The fraction of sp³-hybridized carbons (Fsp3) is 0.727. The van der Waals surface area contributed by atoms with Crippen LogP contribution in [0.1, 0.15) is 38.6 Å². The summed E-state index contributed by atoms with van der Waals surface area (Å²) in [6.07, 6.45) is 5.91. The molecule has 0 saturated heterocycles. The SMILES string of the molecule is CCn1ccnc1C(CCC(C)OC)NN. The number of ether oxygens (including phenoxy) is 1. The van der Waals surface area contributed by atoms with Crippen LogP contribution < -0.4 is 11.3 Å². The van der Waals surface area contributed by atoms with Crippen molar-refractivity contribution >= 4 is 0 Å². The Morgan fingerprint density at radius 2 is 2.31 bits per heavy atom. The van der Waals surface area contributed by atoms with Crippen molar-refractivity contribution in [2.24, 2.45) is 5.84 Å². The smallest absolute Gasteiger partial charge is 0.127 e. The minimum Gasteiger partial charge on any atom is -0.382 e. The fourth-order valence-corrected chi connectivity index (χ4v) is 1.70. The standard InChI is InChI=1S/C11H22N4O/c1-4-15-8-7-13-11(15)10(14-12)6-5-9(2)16-3/h7-10,14H,4-6,12H2,1-3H3. The zero-order valence-corrected chi connectivity index (χ0v) is 10.3. The summed E-state index contributed by atoms with van der Waals surface area (Å²) in [7, 11) is 1.72. The van der Waals surface area contributed by atoms with Crippen LogP contribution in [0.25, 0.3) is 0 Å². The molecule has 2 unspecified atom stereocenters. The van der Waals surface area contributed by atoms with Crippen LogP contribution >= 0.6 is 0 Å². The largest absolute Gasteiger partial charge is 0.382 e. The van der Waals surface area contributed by atoms with Crippen molar-refractivity contribution in [3.63, 3.8) is 0 Å². The summed E-state index contributed by atoms with van der Waals surface area (Å²) < 4.78 is 7.32. The van der Waals surface area contributed by atoms with Crippen molar-refractivity contribution in [2.45, 2.75) is 45.4 Å². The lowest BCUT2D eigenvalue weighted by Crippen LogP contribution is -2.31. The third-order valence-corrected chi connectivity index (χ3v) is 2.87. The van der Waals surface area contributed by atoms with Gasteiger partial charge in [-0.15, -0.1) is 0 Å². The summed E-state index contributed by atoms with van der Waals surface area (Å²) in [6, 6.07) is 0.0903. The molecule has 16 heavy (non-hydrogen) atoms. The lowest BCUT2D eigenvalue weighted by atomic mass is 10.1. The van der Waals surface area contributed by atoms with Gasteiger partial charge in [-0.3, -0.25) is 5.84 Å². The maximum absolute atomic E-state index is 5.57. The topological polar surface area (TPSA) is 65.1 Å². The van der Waals surface area contributed by atoms with E-state index < -0.39 is 0 Å². The van der Waals surface area contributed by atoms with Gasteiger partial charge >= 0.3 is 0 Å². The van der Waals surface area contributed by atoms with Crippen molar-refractivity contribution in [1.29, 1.82) is 0 Å². The zero-order chi connectivity index (χ0) is 12.0. The Kier molecular flexibility index (Phi) is 5.45. The van der Waals surface area contributed by atoms with E-state index >= 15 is 0 Å². The molecular formula is C11H22N4O. The number of aromatic nitrogens is 2. The van der Waals surface area contributed by atoms with Crippen molar-refractivity contribution in [2.75, 3.05) is 7.11 Å². The Balaban J connectivity index is 2.60. The first kappa shape index (κ1) is 13.2. The Morgan fingerprint density at radius 1 is 1.56 bits per heavy atom. The molecule has 0 aliphatic heterocycles. The Bertz CT molecular complexity index is 300. The second-order valence-corrected chi connectivity index (χ2v) is 3.91. The Morgan fingerprint density at radius 3 is 2.88 bits per heavy atom.